The maximum atomic E-state index is 13.0. The minimum Gasteiger partial charge on any atom is -0.508 e. The number of piperazine rings is 1. The maximum absolute atomic E-state index is 13.0. The fraction of sp³-hybridized carbons (Fsp3) is 0.357. The van der Waals surface area contributed by atoms with Crippen LogP contribution in [0, 0.1) is 5.92 Å². The lowest BCUT2D eigenvalue weighted by Crippen LogP contribution is -2.56. The molecule has 7 heteroatoms. The van der Waals surface area contributed by atoms with Crippen LogP contribution in [0.2, 0.25) is 0 Å². The van der Waals surface area contributed by atoms with Gasteiger partial charge in [-0.1, -0.05) is 38.1 Å². The molecular weight excluding hydrogens is 440 g/mol. The van der Waals surface area contributed by atoms with Gasteiger partial charge in [-0.25, -0.2) is 4.98 Å². The molecule has 0 spiro atoms. The zero-order valence-corrected chi connectivity index (χ0v) is 20.6. The van der Waals surface area contributed by atoms with Gasteiger partial charge in [-0.15, -0.1) is 0 Å². The molecule has 0 radical (unpaired) electrons. The first-order valence-electron chi connectivity index (χ1n) is 12.2. The van der Waals surface area contributed by atoms with Crippen molar-refractivity contribution in [1.82, 2.24) is 15.2 Å². The van der Waals surface area contributed by atoms with Gasteiger partial charge in [-0.3, -0.25) is 9.69 Å². The highest BCUT2D eigenvalue weighted by molar-refractivity contribution is 5.94. The van der Waals surface area contributed by atoms with Crippen LogP contribution in [0.15, 0.2) is 72.9 Å². The van der Waals surface area contributed by atoms with Gasteiger partial charge in [0.05, 0.1) is 5.56 Å². The van der Waals surface area contributed by atoms with Gasteiger partial charge in [0.15, 0.2) is 0 Å². The number of benzene rings is 2. The highest BCUT2D eigenvalue weighted by Gasteiger charge is 2.27. The third-order valence-corrected chi connectivity index (χ3v) is 6.41. The summed E-state index contributed by atoms with van der Waals surface area (Å²) in [5.74, 6) is 1.59. The van der Waals surface area contributed by atoms with Crippen molar-refractivity contribution < 1.29 is 14.6 Å². The highest BCUT2D eigenvalue weighted by Crippen LogP contribution is 2.25. The van der Waals surface area contributed by atoms with Gasteiger partial charge in [0.25, 0.3) is 5.91 Å². The summed E-state index contributed by atoms with van der Waals surface area (Å²) in [5, 5.41) is 13.0. The summed E-state index contributed by atoms with van der Waals surface area (Å²) in [6, 6.07) is 20.6. The molecule has 1 aliphatic heterocycles. The van der Waals surface area contributed by atoms with Crippen LogP contribution < -0.4 is 15.0 Å². The van der Waals surface area contributed by atoms with Gasteiger partial charge in [-0.2, -0.15) is 0 Å². The van der Waals surface area contributed by atoms with Crippen LogP contribution in [0.5, 0.6) is 17.4 Å². The fourth-order valence-corrected chi connectivity index (χ4v) is 4.39. The summed E-state index contributed by atoms with van der Waals surface area (Å²) in [6.45, 7) is 9.90. The quantitative estimate of drug-likeness (QED) is 0.499. The van der Waals surface area contributed by atoms with E-state index in [2.05, 4.69) is 40.9 Å². The van der Waals surface area contributed by atoms with E-state index in [1.807, 2.05) is 48.5 Å². The molecular formula is C28H34N4O3. The van der Waals surface area contributed by atoms with E-state index in [0.717, 1.165) is 31.9 Å². The van der Waals surface area contributed by atoms with Crippen LogP contribution in [0.3, 0.4) is 0 Å². The lowest BCUT2D eigenvalue weighted by Gasteiger charge is -2.42. The number of nitrogens with zero attached hydrogens (tertiary/aromatic N) is 3. The van der Waals surface area contributed by atoms with Crippen molar-refractivity contribution in [2.45, 2.75) is 32.9 Å². The average Bonchev–Trinajstić information content (AvgIpc) is 2.84. The first-order chi connectivity index (χ1) is 16.9. The second-order valence-corrected chi connectivity index (χ2v) is 9.45. The summed E-state index contributed by atoms with van der Waals surface area (Å²) in [4.78, 5) is 22.0. The Morgan fingerprint density at radius 2 is 1.91 bits per heavy atom. The van der Waals surface area contributed by atoms with E-state index in [1.165, 1.54) is 0 Å². The molecule has 2 aromatic carbocycles. The molecule has 0 saturated carbocycles. The first kappa shape index (κ1) is 24.5. The monoisotopic (exact) mass is 474 g/mol. The number of phenols is 1. The number of hydrogen-bond acceptors (Lipinski definition) is 6. The number of anilines is 1. The summed E-state index contributed by atoms with van der Waals surface area (Å²) in [5.41, 5.74) is 1.55. The number of ether oxygens (including phenoxy) is 1. The number of pyridine rings is 1. The topological polar surface area (TPSA) is 77.9 Å². The Kier molecular flexibility index (Phi) is 7.87. The third kappa shape index (κ3) is 6.51. The summed E-state index contributed by atoms with van der Waals surface area (Å²) in [6.07, 6.45) is 1.56. The number of carbonyl (C=O) groups is 1. The molecule has 35 heavy (non-hydrogen) atoms. The van der Waals surface area contributed by atoms with E-state index in [0.29, 0.717) is 23.2 Å². The molecule has 0 aliphatic carbocycles. The number of amides is 1. The highest BCUT2D eigenvalue weighted by atomic mass is 16.5. The van der Waals surface area contributed by atoms with E-state index >= 15 is 0 Å². The van der Waals surface area contributed by atoms with Crippen LogP contribution in [0.25, 0.3) is 0 Å². The summed E-state index contributed by atoms with van der Waals surface area (Å²) >= 11 is 0. The zero-order chi connectivity index (χ0) is 24.8. The van der Waals surface area contributed by atoms with Gasteiger partial charge in [0, 0.05) is 62.3 Å². The number of nitrogens with one attached hydrogen (secondary N) is 1. The molecule has 0 bridgehead atoms. The molecule has 2 N–H and O–H groups in total. The van der Waals surface area contributed by atoms with E-state index < -0.39 is 0 Å². The predicted molar refractivity (Wildman–Crippen MR) is 138 cm³/mol. The van der Waals surface area contributed by atoms with E-state index in [4.69, 9.17) is 4.74 Å². The molecule has 2 atom stereocenters. The number of aromatic nitrogens is 1. The number of para-hydroxylation sites is 1. The second kappa shape index (κ2) is 11.2. The van der Waals surface area contributed by atoms with E-state index in [9.17, 15) is 9.90 Å². The lowest BCUT2D eigenvalue weighted by atomic mass is 10.0. The molecule has 1 aromatic heterocycles. The van der Waals surface area contributed by atoms with Crippen molar-refractivity contribution in [2.24, 2.45) is 5.92 Å². The van der Waals surface area contributed by atoms with Gasteiger partial charge in [0.1, 0.15) is 11.5 Å². The van der Waals surface area contributed by atoms with E-state index in [1.54, 1.807) is 24.4 Å². The SMILES string of the molecule is CC(C)[C@@H](CN1CCN(c2cccc(O)c2)[C@@H](C)C1)NC(=O)c1ccc(Oc2ccccc2)nc1. The fourth-order valence-electron chi connectivity index (χ4n) is 4.39. The number of aromatic hydroxyl groups is 1. The normalized spacial score (nSPS) is 17.3. The number of rotatable bonds is 8. The number of phenolic OH excluding ortho intramolecular Hbond substituents is 1. The molecule has 1 amide bonds. The molecule has 184 valence electrons. The first-order valence-corrected chi connectivity index (χ1v) is 12.2. The Hall–Kier alpha value is -3.58. The standard InChI is InChI=1S/C28H34N4O3/c1-20(2)26(19-31-14-15-32(21(3)18-31)23-8-7-9-24(33)16-23)30-28(34)22-12-13-27(29-17-22)35-25-10-5-4-6-11-25/h4-13,16-17,20-21,26,33H,14-15,18-19H2,1-3H3,(H,30,34)/t21-,26+/m0/s1. The van der Waals surface area contributed by atoms with Gasteiger partial charge >= 0.3 is 0 Å². The summed E-state index contributed by atoms with van der Waals surface area (Å²) < 4.78 is 5.72. The smallest absolute Gasteiger partial charge is 0.253 e. The lowest BCUT2D eigenvalue weighted by molar-refractivity contribution is 0.0902. The maximum Gasteiger partial charge on any atom is 0.253 e. The molecule has 3 aromatic rings. The Morgan fingerprint density at radius 1 is 1.11 bits per heavy atom. The van der Waals surface area contributed by atoms with Crippen molar-refractivity contribution in [3.8, 4) is 17.4 Å². The van der Waals surface area contributed by atoms with Crippen molar-refractivity contribution in [3.63, 3.8) is 0 Å². The van der Waals surface area contributed by atoms with Crippen LogP contribution in [-0.2, 0) is 0 Å². The van der Waals surface area contributed by atoms with Gasteiger partial charge in [0.2, 0.25) is 5.88 Å². The van der Waals surface area contributed by atoms with Crippen molar-refractivity contribution >= 4 is 11.6 Å². The number of carbonyl (C=O) groups excluding carboxylic acids is 1. The molecule has 1 saturated heterocycles. The van der Waals surface area contributed by atoms with Crippen molar-refractivity contribution in [1.29, 1.82) is 0 Å². The van der Waals surface area contributed by atoms with Crippen LogP contribution >= 0.6 is 0 Å². The van der Waals surface area contributed by atoms with Crippen molar-refractivity contribution in [3.05, 3.63) is 78.5 Å². The van der Waals surface area contributed by atoms with Gasteiger partial charge in [-0.05, 0) is 43.2 Å². The Balaban J connectivity index is 1.33. The van der Waals surface area contributed by atoms with E-state index in [-0.39, 0.29) is 23.6 Å². The van der Waals surface area contributed by atoms with Crippen LogP contribution in [0.4, 0.5) is 5.69 Å². The summed E-state index contributed by atoms with van der Waals surface area (Å²) in [7, 11) is 0. The predicted octanol–water partition coefficient (Wildman–Crippen LogP) is 4.54. The molecule has 0 unspecified atom stereocenters. The van der Waals surface area contributed by atoms with Crippen LogP contribution in [-0.4, -0.2) is 59.2 Å². The molecule has 7 nitrogen and oxygen atoms in total. The number of hydrogen-bond donors (Lipinski definition) is 2. The van der Waals surface area contributed by atoms with Crippen molar-refractivity contribution in [2.75, 3.05) is 31.1 Å². The molecule has 4 rings (SSSR count). The molecule has 2 heterocycles. The second-order valence-electron chi connectivity index (χ2n) is 9.45. The van der Waals surface area contributed by atoms with Gasteiger partial charge < -0.3 is 20.1 Å². The molecule has 1 aliphatic rings. The Labute approximate surface area is 207 Å². The largest absolute Gasteiger partial charge is 0.508 e. The Bertz CT molecular complexity index is 1100. The Morgan fingerprint density at radius 3 is 2.57 bits per heavy atom. The minimum absolute atomic E-state index is 0.0160. The third-order valence-electron chi connectivity index (χ3n) is 6.41. The molecule has 1 fully saturated rings. The minimum atomic E-state index is -0.131. The van der Waals surface area contributed by atoms with Crippen LogP contribution in [0.1, 0.15) is 31.1 Å². The zero-order valence-electron chi connectivity index (χ0n) is 20.6. The average molecular weight is 475 g/mol.